The molecule has 138 valence electrons. The fraction of sp³-hybridized carbons (Fsp3) is 0.381. The summed E-state index contributed by atoms with van der Waals surface area (Å²) >= 11 is 6.12. The van der Waals surface area contributed by atoms with Crippen molar-refractivity contribution in [3.8, 4) is 0 Å². The Morgan fingerprint density at radius 3 is 2.46 bits per heavy atom. The minimum Gasteiger partial charge on any atom is -0.322 e. The summed E-state index contributed by atoms with van der Waals surface area (Å²) in [4.78, 5) is 15.3. The lowest BCUT2D eigenvalue weighted by atomic mass is 10.1. The molecule has 0 spiro atoms. The zero-order valence-electron chi connectivity index (χ0n) is 15.6. The van der Waals surface area contributed by atoms with E-state index in [4.69, 9.17) is 11.6 Å². The van der Waals surface area contributed by atoms with E-state index in [-0.39, 0.29) is 5.91 Å². The summed E-state index contributed by atoms with van der Waals surface area (Å²) in [5.74, 6) is 0.0625. The molecule has 0 atom stereocenters. The number of amides is 1. The summed E-state index contributed by atoms with van der Waals surface area (Å²) in [5, 5.41) is 3.69. The van der Waals surface area contributed by atoms with Gasteiger partial charge in [-0.25, -0.2) is 0 Å². The summed E-state index contributed by atoms with van der Waals surface area (Å²) in [7, 11) is 0. The molecule has 0 aromatic heterocycles. The third-order valence-electron chi connectivity index (χ3n) is 5.15. The third kappa shape index (κ3) is 5.07. The molecule has 1 fully saturated rings. The van der Waals surface area contributed by atoms with Crippen LogP contribution < -0.4 is 15.1 Å². The first kappa shape index (κ1) is 18.9. The van der Waals surface area contributed by atoms with Crippen LogP contribution in [-0.2, 0) is 11.3 Å². The number of hydrogen-bond acceptors (Lipinski definition) is 1. The minimum absolute atomic E-state index is 0.0625. The average Bonchev–Trinajstić information content (AvgIpc) is 2.61. The van der Waals surface area contributed by atoms with Gasteiger partial charge in [0.15, 0.2) is 6.54 Å². The molecule has 4 nitrogen and oxygen atoms in total. The molecule has 3 rings (SSSR count). The number of rotatable bonds is 5. The number of carbonyl (C=O) groups excluding carboxylic acids is 1. The zero-order chi connectivity index (χ0) is 18.5. The highest BCUT2D eigenvalue weighted by molar-refractivity contribution is 6.31. The van der Waals surface area contributed by atoms with Gasteiger partial charge in [0.25, 0.3) is 5.91 Å². The summed E-state index contributed by atoms with van der Waals surface area (Å²) in [6.45, 7) is 9.93. The summed E-state index contributed by atoms with van der Waals surface area (Å²) in [6, 6.07) is 14.4. The topological polar surface area (TPSA) is 38.0 Å². The van der Waals surface area contributed by atoms with Crippen molar-refractivity contribution in [2.45, 2.75) is 20.4 Å². The lowest BCUT2D eigenvalue weighted by molar-refractivity contribution is -1.02. The van der Waals surface area contributed by atoms with Crippen LogP contribution >= 0.6 is 11.6 Å². The van der Waals surface area contributed by atoms with E-state index in [2.05, 4.69) is 36.5 Å². The van der Waals surface area contributed by atoms with Crippen LogP contribution in [0.1, 0.15) is 16.7 Å². The Kier molecular flexibility index (Phi) is 6.30. The second-order valence-corrected chi connectivity index (χ2v) is 7.71. The second-order valence-electron chi connectivity index (χ2n) is 7.30. The molecule has 0 aliphatic carbocycles. The van der Waals surface area contributed by atoms with E-state index in [1.165, 1.54) is 16.0 Å². The molecular formula is C21H28ClN3O+2. The molecule has 3 N–H and O–H groups in total. The van der Waals surface area contributed by atoms with E-state index >= 15 is 0 Å². The van der Waals surface area contributed by atoms with Gasteiger partial charge in [-0.15, -0.1) is 0 Å². The number of aryl methyl sites for hydroxylation is 1. The molecule has 1 aliphatic heterocycles. The highest BCUT2D eigenvalue weighted by Gasteiger charge is 2.25. The Bertz CT molecular complexity index is 770. The first-order chi connectivity index (χ1) is 12.5. The first-order valence-corrected chi connectivity index (χ1v) is 9.66. The van der Waals surface area contributed by atoms with E-state index in [1.807, 2.05) is 25.1 Å². The molecule has 2 aromatic rings. The van der Waals surface area contributed by atoms with E-state index in [9.17, 15) is 4.79 Å². The highest BCUT2D eigenvalue weighted by Crippen LogP contribution is 2.22. The fourth-order valence-corrected chi connectivity index (χ4v) is 3.76. The number of carbonyl (C=O) groups is 1. The van der Waals surface area contributed by atoms with Crippen LogP contribution in [0.2, 0.25) is 5.02 Å². The highest BCUT2D eigenvalue weighted by atomic mass is 35.5. The van der Waals surface area contributed by atoms with Crippen molar-refractivity contribution in [1.29, 1.82) is 0 Å². The van der Waals surface area contributed by atoms with Crippen LogP contribution in [-0.4, -0.2) is 38.6 Å². The Hall–Kier alpha value is -1.88. The third-order valence-corrected chi connectivity index (χ3v) is 5.56. The number of hydrogen-bond donors (Lipinski definition) is 3. The summed E-state index contributed by atoms with van der Waals surface area (Å²) in [6.07, 6.45) is 0. The van der Waals surface area contributed by atoms with E-state index in [0.717, 1.165) is 44.0 Å². The van der Waals surface area contributed by atoms with E-state index < -0.39 is 0 Å². The van der Waals surface area contributed by atoms with Gasteiger partial charge in [-0.2, -0.15) is 0 Å². The van der Waals surface area contributed by atoms with Crippen LogP contribution in [0.3, 0.4) is 0 Å². The van der Waals surface area contributed by atoms with Gasteiger partial charge in [0.05, 0.1) is 0 Å². The number of anilines is 1. The maximum atomic E-state index is 12.4. The van der Waals surface area contributed by atoms with Crippen molar-refractivity contribution in [1.82, 2.24) is 0 Å². The maximum Gasteiger partial charge on any atom is 0.279 e. The number of nitrogens with one attached hydrogen (secondary N) is 3. The van der Waals surface area contributed by atoms with Crippen molar-refractivity contribution >= 4 is 23.2 Å². The molecule has 0 unspecified atom stereocenters. The maximum absolute atomic E-state index is 12.4. The lowest BCUT2D eigenvalue weighted by Crippen LogP contribution is -3.28. The summed E-state index contributed by atoms with van der Waals surface area (Å²) < 4.78 is 0. The fourth-order valence-electron chi connectivity index (χ4n) is 3.59. The van der Waals surface area contributed by atoms with E-state index in [1.54, 1.807) is 4.90 Å². The van der Waals surface area contributed by atoms with Gasteiger partial charge in [0, 0.05) is 16.3 Å². The molecule has 26 heavy (non-hydrogen) atoms. The molecule has 0 saturated carbocycles. The van der Waals surface area contributed by atoms with Crippen LogP contribution in [0.15, 0.2) is 42.5 Å². The number of halogens is 1. The van der Waals surface area contributed by atoms with Gasteiger partial charge in [-0.1, -0.05) is 47.5 Å². The van der Waals surface area contributed by atoms with Crippen molar-refractivity contribution in [2.75, 3.05) is 38.0 Å². The van der Waals surface area contributed by atoms with Gasteiger partial charge in [0.1, 0.15) is 32.7 Å². The standard InChI is InChI=1S/C21H26ClN3O/c1-16-5-3-6-18(13-16)14-24-9-11-25(12-10-24)15-21(26)23-20-8-4-7-19(22)17(20)2/h3-8,13H,9-12,14-15H2,1-2H3,(H,23,26)/p+2. The normalized spacial score (nSPS) is 20.0. The molecule has 1 aliphatic rings. The van der Waals surface area contributed by atoms with Crippen LogP contribution in [0.4, 0.5) is 5.69 Å². The SMILES string of the molecule is Cc1cccc(C[NH+]2CC[NH+](CC(=O)Nc3cccc(Cl)c3C)CC2)c1. The van der Waals surface area contributed by atoms with Crippen LogP contribution in [0.25, 0.3) is 0 Å². The Morgan fingerprint density at radius 2 is 1.73 bits per heavy atom. The Labute approximate surface area is 160 Å². The molecule has 0 bridgehead atoms. The van der Waals surface area contributed by atoms with Gasteiger partial charge in [0.2, 0.25) is 0 Å². The quantitative estimate of drug-likeness (QED) is 0.715. The number of piperazine rings is 1. The molecule has 2 aromatic carbocycles. The number of benzene rings is 2. The van der Waals surface area contributed by atoms with Crippen molar-refractivity contribution in [2.24, 2.45) is 0 Å². The Morgan fingerprint density at radius 1 is 1.04 bits per heavy atom. The molecule has 1 heterocycles. The van der Waals surface area contributed by atoms with Crippen LogP contribution in [0.5, 0.6) is 0 Å². The monoisotopic (exact) mass is 373 g/mol. The van der Waals surface area contributed by atoms with Gasteiger partial charge in [-0.05, 0) is 31.5 Å². The predicted molar refractivity (Wildman–Crippen MR) is 106 cm³/mol. The molecule has 1 amide bonds. The van der Waals surface area contributed by atoms with Gasteiger partial charge in [-0.3, -0.25) is 4.79 Å². The van der Waals surface area contributed by atoms with Gasteiger partial charge >= 0.3 is 0 Å². The number of quaternary nitrogens is 2. The largest absolute Gasteiger partial charge is 0.322 e. The molecule has 1 saturated heterocycles. The van der Waals surface area contributed by atoms with Crippen molar-refractivity contribution in [3.05, 3.63) is 64.2 Å². The molecular weight excluding hydrogens is 346 g/mol. The van der Waals surface area contributed by atoms with Crippen molar-refractivity contribution < 1.29 is 14.6 Å². The molecule has 0 radical (unpaired) electrons. The summed E-state index contributed by atoms with van der Waals surface area (Å²) in [5.41, 5.74) is 4.45. The zero-order valence-corrected chi connectivity index (χ0v) is 16.3. The smallest absolute Gasteiger partial charge is 0.279 e. The second kappa shape index (κ2) is 8.67. The lowest BCUT2D eigenvalue weighted by Gasteiger charge is -2.29. The first-order valence-electron chi connectivity index (χ1n) is 9.29. The van der Waals surface area contributed by atoms with Gasteiger partial charge < -0.3 is 15.1 Å². The predicted octanol–water partition coefficient (Wildman–Crippen LogP) is 0.879. The Balaban J connectivity index is 1.46. The molecule has 5 heteroatoms. The van der Waals surface area contributed by atoms with Crippen LogP contribution in [0, 0.1) is 13.8 Å². The minimum atomic E-state index is 0.0625. The van der Waals surface area contributed by atoms with E-state index in [0.29, 0.717) is 11.6 Å². The average molecular weight is 374 g/mol. The van der Waals surface area contributed by atoms with Crippen molar-refractivity contribution in [3.63, 3.8) is 0 Å².